The zero-order valence-electron chi connectivity index (χ0n) is 19.5. The second kappa shape index (κ2) is 10.3. The van der Waals surface area contributed by atoms with Gasteiger partial charge in [-0.1, -0.05) is 41.3 Å². The molecule has 5 aromatic rings. The Kier molecular flexibility index (Phi) is 6.90. The van der Waals surface area contributed by atoms with Gasteiger partial charge in [0.05, 0.1) is 26.2 Å². The quantitative estimate of drug-likeness (QED) is 0.212. The summed E-state index contributed by atoms with van der Waals surface area (Å²) in [6.07, 6.45) is 4.09. The average molecular weight is 536 g/mol. The van der Waals surface area contributed by atoms with E-state index < -0.39 is 11.4 Å². The van der Waals surface area contributed by atoms with Crippen molar-refractivity contribution in [2.24, 2.45) is 5.41 Å². The fourth-order valence-electron chi connectivity index (χ4n) is 3.45. The fourth-order valence-corrected chi connectivity index (χ4v) is 6.05. The normalized spacial score (nSPS) is 11.5. The molecule has 0 spiro atoms. The first kappa shape index (κ1) is 24.2. The standard InChI is InChI=1S/C26H22N4O3S3/c1-26(2,24(31)32)13-16-15-35-25(29-16)30-23-20(33-17-6-4-3-5-7-17)12-18(14-28-23)36-21-8-10-27-19-9-11-34-22(19)21/h3-12,14-15H,13H2,1-2H3,(H,31,32)(H,28,29,30)/p+1. The second-order valence-corrected chi connectivity index (χ2v) is 11.6. The van der Waals surface area contributed by atoms with Crippen LogP contribution in [-0.4, -0.2) is 21.0 Å². The molecule has 0 unspecified atom stereocenters. The maximum Gasteiger partial charge on any atom is 0.322 e. The smallest absolute Gasteiger partial charge is 0.322 e. The van der Waals surface area contributed by atoms with E-state index in [9.17, 15) is 9.90 Å². The number of hydrogen-bond donors (Lipinski definition) is 2. The highest BCUT2D eigenvalue weighted by molar-refractivity contribution is 7.99. The van der Waals surface area contributed by atoms with Crippen molar-refractivity contribution < 1.29 is 19.6 Å². The average Bonchev–Trinajstić information content (AvgIpc) is 3.51. The summed E-state index contributed by atoms with van der Waals surface area (Å²) in [6.45, 7) is 3.40. The van der Waals surface area contributed by atoms with Gasteiger partial charge in [-0.05, 0) is 43.5 Å². The Hall–Kier alpha value is -3.47. The fraction of sp³-hybridized carbons (Fsp3) is 0.154. The molecule has 1 aromatic carbocycles. The molecular formula is C26H23N4O3S3+. The molecule has 0 fully saturated rings. The van der Waals surface area contributed by atoms with Crippen LogP contribution in [0.4, 0.5) is 10.9 Å². The van der Waals surface area contributed by atoms with Crippen LogP contribution in [0.25, 0.3) is 10.2 Å². The van der Waals surface area contributed by atoms with E-state index in [1.807, 2.05) is 71.7 Å². The molecule has 0 radical (unpaired) electrons. The second-order valence-electron chi connectivity index (χ2n) is 8.67. The number of para-hydroxylation sites is 1. The number of ether oxygens (including phenoxy) is 1. The predicted molar refractivity (Wildman–Crippen MR) is 144 cm³/mol. The Morgan fingerprint density at radius 1 is 1.19 bits per heavy atom. The number of carboxylic acids is 1. The van der Waals surface area contributed by atoms with Crippen LogP contribution in [0, 0.1) is 5.41 Å². The lowest BCUT2D eigenvalue weighted by molar-refractivity contribution is -0.364. The molecule has 0 aliphatic heterocycles. The Morgan fingerprint density at radius 2 is 2.03 bits per heavy atom. The maximum absolute atomic E-state index is 11.5. The van der Waals surface area contributed by atoms with Crippen molar-refractivity contribution in [3.8, 4) is 11.5 Å². The number of carbonyl (C=O) groups is 1. The number of nitrogens with one attached hydrogen (secondary N) is 2. The lowest BCUT2D eigenvalue weighted by Crippen LogP contribution is -2.26. The van der Waals surface area contributed by atoms with Crippen molar-refractivity contribution in [1.29, 1.82) is 0 Å². The molecule has 3 N–H and O–H groups in total. The van der Waals surface area contributed by atoms with Crippen LogP contribution in [0.2, 0.25) is 0 Å². The summed E-state index contributed by atoms with van der Waals surface area (Å²) in [5, 5.41) is 17.3. The van der Waals surface area contributed by atoms with Gasteiger partial charge in [0.15, 0.2) is 0 Å². The summed E-state index contributed by atoms with van der Waals surface area (Å²) < 4.78 is 7.38. The summed E-state index contributed by atoms with van der Waals surface area (Å²) >= 11 is 4.73. The van der Waals surface area contributed by atoms with E-state index in [0.717, 1.165) is 25.7 Å². The largest absolute Gasteiger partial charge is 0.481 e. The highest BCUT2D eigenvalue weighted by Gasteiger charge is 2.29. The lowest BCUT2D eigenvalue weighted by atomic mass is 9.88. The van der Waals surface area contributed by atoms with Gasteiger partial charge >= 0.3 is 11.8 Å². The lowest BCUT2D eigenvalue weighted by Gasteiger charge is -2.16. The van der Waals surface area contributed by atoms with Crippen LogP contribution in [0.15, 0.2) is 81.5 Å². The van der Waals surface area contributed by atoms with Crippen LogP contribution in [0.3, 0.4) is 0 Å². The van der Waals surface area contributed by atoms with Crippen LogP contribution in [0.5, 0.6) is 11.5 Å². The van der Waals surface area contributed by atoms with Gasteiger partial charge in [-0.3, -0.25) is 9.78 Å². The number of rotatable bonds is 9. The van der Waals surface area contributed by atoms with Gasteiger partial charge in [-0.15, -0.1) is 11.3 Å². The van der Waals surface area contributed by atoms with Crippen molar-refractivity contribution >= 4 is 61.6 Å². The Bertz CT molecular complexity index is 1520. The van der Waals surface area contributed by atoms with Gasteiger partial charge in [0.1, 0.15) is 11.9 Å². The van der Waals surface area contributed by atoms with Crippen molar-refractivity contribution in [1.82, 2.24) is 9.97 Å². The monoisotopic (exact) mass is 535 g/mol. The molecule has 0 saturated heterocycles. The molecule has 0 aliphatic rings. The van der Waals surface area contributed by atoms with Gasteiger partial charge in [0.25, 0.3) is 5.13 Å². The highest BCUT2D eigenvalue weighted by Crippen LogP contribution is 2.38. The van der Waals surface area contributed by atoms with Crippen LogP contribution >= 0.6 is 34.4 Å². The maximum atomic E-state index is 11.5. The third-order valence-electron chi connectivity index (χ3n) is 5.37. The number of pyridine rings is 2. The first-order valence-corrected chi connectivity index (χ1v) is 13.7. The Balaban J connectivity index is 1.42. The number of fused-ring (bicyclic) bond motifs is 1. The number of thiophene rings is 1. The van der Waals surface area contributed by atoms with Gasteiger partial charge in [0, 0.05) is 29.0 Å². The predicted octanol–water partition coefficient (Wildman–Crippen LogP) is 6.91. The molecule has 4 aromatic heterocycles. The summed E-state index contributed by atoms with van der Waals surface area (Å²) in [4.78, 5) is 25.9. The number of aromatic nitrogens is 3. The van der Waals surface area contributed by atoms with Gasteiger partial charge in [0.2, 0.25) is 5.75 Å². The third kappa shape index (κ3) is 5.51. The van der Waals surface area contributed by atoms with Crippen LogP contribution in [0.1, 0.15) is 19.5 Å². The Morgan fingerprint density at radius 3 is 2.83 bits per heavy atom. The van der Waals surface area contributed by atoms with Gasteiger partial charge in [-0.2, -0.15) is 0 Å². The molecule has 0 saturated carbocycles. The number of carboxylic acid groups (broad SMARTS) is 1. The number of anilines is 2. The van der Waals surface area contributed by atoms with E-state index >= 15 is 0 Å². The molecule has 182 valence electrons. The molecule has 0 bridgehead atoms. The van der Waals surface area contributed by atoms with E-state index in [-0.39, 0.29) is 0 Å². The number of hydrogen-bond acceptors (Lipinski definition) is 8. The first-order valence-electron chi connectivity index (χ1n) is 11.1. The van der Waals surface area contributed by atoms with E-state index in [0.29, 0.717) is 28.9 Å². The number of thiazole rings is 1. The summed E-state index contributed by atoms with van der Waals surface area (Å²) in [6, 6.07) is 15.6. The van der Waals surface area contributed by atoms with E-state index in [4.69, 9.17) is 4.74 Å². The Labute approximate surface area is 220 Å². The molecule has 36 heavy (non-hydrogen) atoms. The third-order valence-corrected chi connectivity index (χ3v) is 8.27. The van der Waals surface area contributed by atoms with E-state index in [1.165, 1.54) is 11.3 Å². The summed E-state index contributed by atoms with van der Waals surface area (Å²) in [5.74, 6) is 1.13. The molecule has 0 aliphatic carbocycles. The molecule has 0 amide bonds. The van der Waals surface area contributed by atoms with Crippen molar-refractivity contribution in [2.45, 2.75) is 30.1 Å². The van der Waals surface area contributed by atoms with Crippen molar-refractivity contribution in [3.05, 3.63) is 77.4 Å². The number of nitrogens with zero attached hydrogens (tertiary/aromatic N) is 2. The molecule has 10 heteroatoms. The van der Waals surface area contributed by atoms with E-state index in [1.54, 1.807) is 36.9 Å². The summed E-state index contributed by atoms with van der Waals surface area (Å²) in [7, 11) is 0. The number of aliphatic carboxylic acids is 1. The number of H-pyrrole nitrogens is 1. The molecular weight excluding hydrogens is 513 g/mol. The highest BCUT2D eigenvalue weighted by atomic mass is 32.2. The minimum atomic E-state index is -0.890. The van der Waals surface area contributed by atoms with Crippen molar-refractivity contribution in [2.75, 3.05) is 5.32 Å². The minimum absolute atomic E-state index is 0.344. The molecule has 5 rings (SSSR count). The zero-order valence-corrected chi connectivity index (χ0v) is 22.0. The van der Waals surface area contributed by atoms with E-state index in [2.05, 4.69) is 20.3 Å². The topological polar surface area (TPSA) is 98.5 Å². The zero-order chi connectivity index (χ0) is 25.1. The van der Waals surface area contributed by atoms with Crippen LogP contribution in [-0.2, 0) is 11.2 Å². The summed E-state index contributed by atoms with van der Waals surface area (Å²) in [5.41, 5.74) is 0.822. The van der Waals surface area contributed by atoms with Gasteiger partial charge < -0.3 is 9.84 Å². The molecule has 0 atom stereocenters. The van der Waals surface area contributed by atoms with Crippen LogP contribution < -0.4 is 15.0 Å². The minimum Gasteiger partial charge on any atom is -0.481 e. The molecule has 7 nitrogen and oxygen atoms in total. The van der Waals surface area contributed by atoms with Gasteiger partial charge in [-0.25, -0.2) is 15.3 Å². The first-order chi connectivity index (χ1) is 17.4. The molecule has 4 heterocycles. The van der Waals surface area contributed by atoms with Crippen molar-refractivity contribution in [3.63, 3.8) is 0 Å². The SMILES string of the molecule is CC(C)(Cc1csc(Nc2[nH+]cc(Sc3ccnc4ccsc34)cc2Oc2ccccc2)n1)C(=O)O. The number of benzene rings is 1. The number of aromatic amines is 1.